The average Bonchev–Trinajstić information content (AvgIpc) is 3.08. The molecular weight excluding hydrogens is 326 g/mol. The number of nitrogens with one attached hydrogen (secondary N) is 2. The van der Waals surface area contributed by atoms with Crippen molar-refractivity contribution in [1.82, 2.24) is 20.3 Å². The van der Waals surface area contributed by atoms with Crippen molar-refractivity contribution in [3.8, 4) is 29.7 Å². The fraction of sp³-hybridized carbons (Fsp3) is 0.200. The quantitative estimate of drug-likeness (QED) is 0.712. The van der Waals surface area contributed by atoms with Gasteiger partial charge in [-0.15, -0.1) is 6.42 Å². The molecule has 3 heterocycles. The number of rotatable bonds is 4. The Kier molecular flexibility index (Phi) is 4.43. The Morgan fingerprint density at radius 2 is 2.19 bits per heavy atom. The van der Waals surface area contributed by atoms with Crippen LogP contribution >= 0.6 is 0 Å². The Labute approximate surface area is 151 Å². The zero-order valence-corrected chi connectivity index (χ0v) is 14.5. The van der Waals surface area contributed by atoms with Crippen LogP contribution in [0.25, 0.3) is 22.3 Å². The van der Waals surface area contributed by atoms with Crippen LogP contribution in [-0.2, 0) is 0 Å². The molecule has 0 fully saturated rings. The molecule has 0 aliphatic carbocycles. The molecule has 3 aromatic rings. The van der Waals surface area contributed by atoms with Crippen molar-refractivity contribution in [3.63, 3.8) is 0 Å². The monoisotopic (exact) mass is 343 g/mol. The van der Waals surface area contributed by atoms with Crippen LogP contribution in [0.5, 0.6) is 0 Å². The molecule has 0 atom stereocenters. The highest BCUT2D eigenvalue weighted by Gasteiger charge is 2.19. The molecule has 1 amide bonds. The normalized spacial score (nSPS) is 10.9. The molecule has 0 aliphatic rings. The minimum atomic E-state index is -0.634. The van der Waals surface area contributed by atoms with Crippen molar-refractivity contribution in [3.05, 3.63) is 47.9 Å². The molecule has 0 bridgehead atoms. The van der Waals surface area contributed by atoms with E-state index >= 15 is 0 Å². The standard InChI is InChI=1S/C20H17N5O/c1-4-15-9-13-8-14(10-22-18(13)24-15)16-6-5-7-17(25-16)19(26)23-12-20(2,3)11-21/h1,5-10H,12H2,2-3H3,(H,22,24)(H,23,26). The van der Waals surface area contributed by atoms with E-state index in [1.165, 1.54) is 0 Å². The predicted octanol–water partition coefficient (Wildman–Crippen LogP) is 2.89. The molecular formula is C20H17N5O. The number of carbonyl (C=O) groups excluding carboxylic acids is 1. The number of pyridine rings is 2. The van der Waals surface area contributed by atoms with Crippen LogP contribution in [0.15, 0.2) is 36.5 Å². The smallest absolute Gasteiger partial charge is 0.269 e. The zero-order valence-electron chi connectivity index (χ0n) is 14.5. The predicted molar refractivity (Wildman–Crippen MR) is 99.0 cm³/mol. The minimum Gasteiger partial charge on any atom is -0.349 e. The van der Waals surface area contributed by atoms with E-state index in [0.717, 1.165) is 10.9 Å². The Morgan fingerprint density at radius 1 is 1.38 bits per heavy atom. The Balaban J connectivity index is 1.86. The summed E-state index contributed by atoms with van der Waals surface area (Å²) in [5, 5.41) is 12.7. The van der Waals surface area contributed by atoms with E-state index in [-0.39, 0.29) is 18.1 Å². The van der Waals surface area contributed by atoms with Gasteiger partial charge in [0.2, 0.25) is 0 Å². The highest BCUT2D eigenvalue weighted by atomic mass is 16.1. The summed E-state index contributed by atoms with van der Waals surface area (Å²) in [5.41, 5.74) is 2.43. The Morgan fingerprint density at radius 3 is 2.92 bits per heavy atom. The second-order valence-electron chi connectivity index (χ2n) is 6.58. The molecule has 0 saturated carbocycles. The SMILES string of the molecule is C#Cc1cc2cc(-c3cccc(C(=O)NCC(C)(C)C#N)n3)cnc2[nH]1. The maximum absolute atomic E-state index is 12.3. The first-order valence-electron chi connectivity index (χ1n) is 8.04. The van der Waals surface area contributed by atoms with Crippen LogP contribution in [0.2, 0.25) is 0 Å². The van der Waals surface area contributed by atoms with Gasteiger partial charge in [-0.05, 0) is 38.1 Å². The van der Waals surface area contributed by atoms with Crippen LogP contribution in [0.4, 0.5) is 0 Å². The molecule has 128 valence electrons. The molecule has 0 radical (unpaired) electrons. The first-order chi connectivity index (χ1) is 12.4. The summed E-state index contributed by atoms with van der Waals surface area (Å²) < 4.78 is 0. The van der Waals surface area contributed by atoms with Gasteiger partial charge in [0, 0.05) is 23.7 Å². The third-order valence-corrected chi connectivity index (χ3v) is 3.90. The number of nitrogens with zero attached hydrogens (tertiary/aromatic N) is 3. The van der Waals surface area contributed by atoms with E-state index in [4.69, 9.17) is 11.7 Å². The van der Waals surface area contributed by atoms with Crippen LogP contribution in [0.3, 0.4) is 0 Å². The molecule has 3 rings (SSSR count). The van der Waals surface area contributed by atoms with Crippen molar-refractivity contribution in [2.75, 3.05) is 6.54 Å². The topological polar surface area (TPSA) is 94.5 Å². The second kappa shape index (κ2) is 6.70. The van der Waals surface area contributed by atoms with Gasteiger partial charge in [-0.25, -0.2) is 9.97 Å². The van der Waals surface area contributed by atoms with Crippen molar-refractivity contribution < 1.29 is 4.79 Å². The number of amides is 1. The minimum absolute atomic E-state index is 0.250. The number of carbonyl (C=O) groups is 1. The van der Waals surface area contributed by atoms with Gasteiger partial charge in [0.15, 0.2) is 0 Å². The molecule has 0 unspecified atom stereocenters. The first kappa shape index (κ1) is 17.2. The molecule has 2 N–H and O–H groups in total. The number of terminal acetylenes is 1. The Hall–Kier alpha value is -3.64. The summed E-state index contributed by atoms with van der Waals surface area (Å²) in [7, 11) is 0. The van der Waals surface area contributed by atoms with Crippen molar-refractivity contribution in [1.29, 1.82) is 5.26 Å². The average molecular weight is 343 g/mol. The van der Waals surface area contributed by atoms with Gasteiger partial charge < -0.3 is 10.3 Å². The number of nitriles is 1. The summed E-state index contributed by atoms with van der Waals surface area (Å²) in [6.45, 7) is 3.78. The van der Waals surface area contributed by atoms with Crippen LogP contribution in [0.1, 0.15) is 30.0 Å². The van der Waals surface area contributed by atoms with Gasteiger partial charge in [-0.2, -0.15) is 5.26 Å². The van der Waals surface area contributed by atoms with Gasteiger partial charge >= 0.3 is 0 Å². The number of hydrogen-bond acceptors (Lipinski definition) is 4. The summed E-state index contributed by atoms with van der Waals surface area (Å²) in [6.07, 6.45) is 7.08. The van der Waals surface area contributed by atoms with Gasteiger partial charge in [-0.3, -0.25) is 4.79 Å². The van der Waals surface area contributed by atoms with E-state index in [2.05, 4.69) is 32.3 Å². The first-order valence-corrected chi connectivity index (χ1v) is 8.04. The lowest BCUT2D eigenvalue weighted by molar-refractivity contribution is 0.0939. The highest BCUT2D eigenvalue weighted by molar-refractivity contribution is 5.93. The lowest BCUT2D eigenvalue weighted by atomic mass is 9.96. The van der Waals surface area contributed by atoms with Gasteiger partial charge in [0.1, 0.15) is 11.3 Å². The maximum atomic E-state index is 12.3. The number of fused-ring (bicyclic) bond motifs is 1. The van der Waals surface area contributed by atoms with E-state index < -0.39 is 5.41 Å². The fourth-order valence-corrected chi connectivity index (χ4v) is 2.39. The van der Waals surface area contributed by atoms with Crippen molar-refractivity contribution in [2.45, 2.75) is 13.8 Å². The lowest BCUT2D eigenvalue weighted by Gasteiger charge is -2.15. The number of H-pyrrole nitrogens is 1. The van der Waals surface area contributed by atoms with E-state index in [1.54, 1.807) is 32.2 Å². The molecule has 0 spiro atoms. The second-order valence-corrected chi connectivity index (χ2v) is 6.58. The van der Waals surface area contributed by atoms with E-state index in [1.807, 2.05) is 18.2 Å². The lowest BCUT2D eigenvalue weighted by Crippen LogP contribution is -2.33. The molecule has 0 aliphatic heterocycles. The third kappa shape index (κ3) is 3.55. The molecule has 6 heteroatoms. The van der Waals surface area contributed by atoms with E-state index in [0.29, 0.717) is 17.0 Å². The van der Waals surface area contributed by atoms with Crippen molar-refractivity contribution in [2.24, 2.45) is 5.41 Å². The molecule has 0 aromatic carbocycles. The molecule has 0 saturated heterocycles. The number of aromatic nitrogens is 3. The van der Waals surface area contributed by atoms with Crippen molar-refractivity contribution >= 4 is 16.9 Å². The maximum Gasteiger partial charge on any atom is 0.269 e. The molecule has 3 aromatic heterocycles. The summed E-state index contributed by atoms with van der Waals surface area (Å²) >= 11 is 0. The summed E-state index contributed by atoms with van der Waals surface area (Å²) in [5.74, 6) is 2.22. The van der Waals surface area contributed by atoms with Crippen LogP contribution in [-0.4, -0.2) is 27.4 Å². The van der Waals surface area contributed by atoms with Crippen LogP contribution in [0, 0.1) is 29.1 Å². The summed E-state index contributed by atoms with van der Waals surface area (Å²) in [4.78, 5) is 24.1. The summed E-state index contributed by atoms with van der Waals surface area (Å²) in [6, 6.07) is 11.1. The van der Waals surface area contributed by atoms with Crippen LogP contribution < -0.4 is 5.32 Å². The number of aromatic amines is 1. The number of hydrogen-bond donors (Lipinski definition) is 2. The third-order valence-electron chi connectivity index (χ3n) is 3.90. The Bertz CT molecular complexity index is 1070. The van der Waals surface area contributed by atoms with Gasteiger partial charge in [0.05, 0.1) is 22.9 Å². The van der Waals surface area contributed by atoms with Gasteiger partial charge in [-0.1, -0.05) is 12.0 Å². The highest BCUT2D eigenvalue weighted by Crippen LogP contribution is 2.22. The molecule has 6 nitrogen and oxygen atoms in total. The molecule has 26 heavy (non-hydrogen) atoms. The fourth-order valence-electron chi connectivity index (χ4n) is 2.39. The van der Waals surface area contributed by atoms with E-state index in [9.17, 15) is 4.79 Å². The zero-order chi connectivity index (χ0) is 18.7. The largest absolute Gasteiger partial charge is 0.349 e. The van der Waals surface area contributed by atoms with Gasteiger partial charge in [0.25, 0.3) is 5.91 Å².